The van der Waals surface area contributed by atoms with Gasteiger partial charge in [0.15, 0.2) is 0 Å². The largest absolute Gasteiger partial charge is 0.326 e. The van der Waals surface area contributed by atoms with E-state index >= 15 is 0 Å². The Morgan fingerprint density at radius 1 is 0.867 bits per heavy atom. The molecular weight excluding hydrogens is 404 g/mol. The molecule has 0 bridgehead atoms. The van der Waals surface area contributed by atoms with Crippen molar-refractivity contribution in [2.75, 3.05) is 5.32 Å². The lowest BCUT2D eigenvalue weighted by Gasteiger charge is -2.08. The Balaban J connectivity index is 1.53. The Bertz CT molecular complexity index is 1130. The monoisotopic (exact) mass is 424 g/mol. The van der Waals surface area contributed by atoms with Gasteiger partial charge in [-0.3, -0.25) is 14.9 Å². The Labute approximate surface area is 174 Å². The minimum atomic E-state index is -3.59. The number of carbonyl (C=O) groups is 1. The number of rotatable bonds is 8. The van der Waals surface area contributed by atoms with Crippen LogP contribution in [0, 0.1) is 10.1 Å². The van der Waals surface area contributed by atoms with Gasteiger partial charge in [0.05, 0.1) is 14.7 Å². The molecule has 0 atom stereocenters. The van der Waals surface area contributed by atoms with E-state index in [0.717, 1.165) is 5.56 Å². The van der Waals surface area contributed by atoms with Crippen LogP contribution < -0.4 is 5.32 Å². The molecule has 7 nitrogen and oxygen atoms in total. The van der Waals surface area contributed by atoms with Crippen molar-refractivity contribution in [3.05, 3.63) is 94.5 Å². The summed E-state index contributed by atoms with van der Waals surface area (Å²) in [5.74, 6) is -0.185. The van der Waals surface area contributed by atoms with Crippen molar-refractivity contribution in [1.82, 2.24) is 0 Å². The molecule has 0 aliphatic heterocycles. The molecular formula is C22H20N2O5S. The first-order chi connectivity index (χ1) is 14.4. The van der Waals surface area contributed by atoms with Crippen molar-refractivity contribution in [2.24, 2.45) is 0 Å². The van der Waals surface area contributed by atoms with Crippen molar-refractivity contribution in [1.29, 1.82) is 0 Å². The quantitative estimate of drug-likeness (QED) is 0.426. The Kier molecular flexibility index (Phi) is 6.58. The molecule has 0 heterocycles. The summed E-state index contributed by atoms with van der Waals surface area (Å²) >= 11 is 0. The summed E-state index contributed by atoms with van der Waals surface area (Å²) in [6.07, 6.45) is 1.49. The highest BCUT2D eigenvalue weighted by atomic mass is 32.2. The summed E-state index contributed by atoms with van der Waals surface area (Å²) in [6.45, 7) is 0. The molecule has 0 radical (unpaired) electrons. The zero-order valence-electron chi connectivity index (χ0n) is 16.0. The van der Waals surface area contributed by atoms with Crippen molar-refractivity contribution in [3.8, 4) is 0 Å². The molecule has 3 aromatic rings. The number of nitro benzene ring substituents is 1. The predicted molar refractivity (Wildman–Crippen MR) is 113 cm³/mol. The first-order valence-corrected chi connectivity index (χ1v) is 10.8. The number of benzene rings is 3. The van der Waals surface area contributed by atoms with Gasteiger partial charge in [-0.2, -0.15) is 0 Å². The van der Waals surface area contributed by atoms with Crippen LogP contribution in [0.25, 0.3) is 0 Å². The van der Waals surface area contributed by atoms with Crippen molar-refractivity contribution in [3.63, 3.8) is 0 Å². The number of carbonyl (C=O) groups excluding carboxylic acids is 1. The lowest BCUT2D eigenvalue weighted by Crippen LogP contribution is -2.11. The third kappa shape index (κ3) is 5.30. The molecule has 0 saturated carbocycles. The maximum absolute atomic E-state index is 12.6. The molecule has 1 N–H and O–H groups in total. The van der Waals surface area contributed by atoms with E-state index in [9.17, 15) is 23.3 Å². The summed E-state index contributed by atoms with van der Waals surface area (Å²) in [7, 11) is -3.59. The molecule has 1 amide bonds. The number of nitrogens with one attached hydrogen (secondary N) is 1. The SMILES string of the molecule is O=C(CCCc1ccc([N+](=O)[O-])cc1)Nc1ccc(S(=O)(=O)c2ccccc2)cc1. The number of nitrogens with zero attached hydrogens (tertiary/aromatic N) is 1. The first-order valence-electron chi connectivity index (χ1n) is 9.29. The van der Waals surface area contributed by atoms with Crippen LogP contribution in [-0.4, -0.2) is 19.2 Å². The molecule has 0 aromatic heterocycles. The molecule has 0 aliphatic carbocycles. The van der Waals surface area contributed by atoms with E-state index in [1.54, 1.807) is 42.5 Å². The molecule has 154 valence electrons. The molecule has 0 fully saturated rings. The Morgan fingerprint density at radius 3 is 2.07 bits per heavy atom. The zero-order valence-corrected chi connectivity index (χ0v) is 16.8. The predicted octanol–water partition coefficient (Wildman–Crippen LogP) is 4.39. The van der Waals surface area contributed by atoms with Crippen molar-refractivity contribution < 1.29 is 18.1 Å². The van der Waals surface area contributed by atoms with E-state index < -0.39 is 14.8 Å². The summed E-state index contributed by atoms with van der Waals surface area (Å²) in [6, 6.07) is 20.5. The van der Waals surface area contributed by atoms with Crippen molar-refractivity contribution >= 4 is 27.1 Å². The van der Waals surface area contributed by atoms with Gasteiger partial charge in [0.2, 0.25) is 15.7 Å². The van der Waals surface area contributed by atoms with Gasteiger partial charge in [0.1, 0.15) is 0 Å². The van der Waals surface area contributed by atoms with Crippen LogP contribution in [0.2, 0.25) is 0 Å². The molecule has 0 spiro atoms. The molecule has 3 aromatic carbocycles. The Hall–Kier alpha value is -3.52. The molecule has 3 rings (SSSR count). The highest BCUT2D eigenvalue weighted by Gasteiger charge is 2.17. The number of sulfone groups is 1. The minimum absolute atomic E-state index is 0.0363. The number of nitro groups is 1. The van der Waals surface area contributed by atoms with Crippen molar-refractivity contribution in [2.45, 2.75) is 29.1 Å². The van der Waals surface area contributed by atoms with E-state index in [4.69, 9.17) is 0 Å². The van der Waals surface area contributed by atoms with Gasteiger partial charge in [-0.25, -0.2) is 8.42 Å². The Morgan fingerprint density at radius 2 is 1.47 bits per heavy atom. The van der Waals surface area contributed by atoms with Gasteiger partial charge >= 0.3 is 0 Å². The summed E-state index contributed by atoms with van der Waals surface area (Å²) in [5.41, 5.74) is 1.47. The smallest absolute Gasteiger partial charge is 0.269 e. The highest BCUT2D eigenvalue weighted by molar-refractivity contribution is 7.91. The number of amides is 1. The normalized spacial score (nSPS) is 11.1. The lowest BCUT2D eigenvalue weighted by atomic mass is 10.1. The van der Waals surface area contributed by atoms with Gasteiger partial charge in [-0.1, -0.05) is 30.3 Å². The average Bonchev–Trinajstić information content (AvgIpc) is 2.75. The molecule has 0 aliphatic rings. The second-order valence-electron chi connectivity index (χ2n) is 6.67. The molecule has 8 heteroatoms. The maximum Gasteiger partial charge on any atom is 0.269 e. The van der Waals surface area contributed by atoms with E-state index in [1.165, 1.54) is 36.4 Å². The van der Waals surface area contributed by atoms with Crippen LogP contribution in [0.15, 0.2) is 88.7 Å². The third-order valence-electron chi connectivity index (χ3n) is 4.52. The number of anilines is 1. The van der Waals surface area contributed by atoms with E-state index in [-0.39, 0.29) is 27.8 Å². The number of hydrogen-bond donors (Lipinski definition) is 1. The lowest BCUT2D eigenvalue weighted by molar-refractivity contribution is -0.384. The number of hydrogen-bond acceptors (Lipinski definition) is 5. The van der Waals surface area contributed by atoms with E-state index in [1.807, 2.05) is 0 Å². The fourth-order valence-electron chi connectivity index (χ4n) is 2.91. The fourth-order valence-corrected chi connectivity index (χ4v) is 4.20. The first kappa shape index (κ1) is 21.2. The van der Waals surface area contributed by atoms with Crippen LogP contribution >= 0.6 is 0 Å². The van der Waals surface area contributed by atoms with Crippen LogP contribution in [0.5, 0.6) is 0 Å². The number of non-ortho nitro benzene ring substituents is 1. The molecule has 0 unspecified atom stereocenters. The average molecular weight is 424 g/mol. The van der Waals surface area contributed by atoms with E-state index in [2.05, 4.69) is 5.32 Å². The summed E-state index contributed by atoms with van der Waals surface area (Å²) in [4.78, 5) is 22.7. The van der Waals surface area contributed by atoms with E-state index in [0.29, 0.717) is 18.5 Å². The van der Waals surface area contributed by atoms with Gasteiger partial charge in [-0.05, 0) is 54.8 Å². The number of aryl methyl sites for hydroxylation is 1. The van der Waals surface area contributed by atoms with Crippen LogP contribution in [-0.2, 0) is 21.1 Å². The summed E-state index contributed by atoms with van der Waals surface area (Å²) < 4.78 is 25.2. The standard InChI is InChI=1S/C22H20N2O5S/c25-22(8-4-5-17-9-13-19(14-10-17)24(26)27)23-18-11-15-21(16-12-18)30(28,29)20-6-2-1-3-7-20/h1-3,6-7,9-16H,4-5,8H2,(H,23,25). The highest BCUT2D eigenvalue weighted by Crippen LogP contribution is 2.22. The van der Waals surface area contributed by atoms with Crippen LogP contribution in [0.4, 0.5) is 11.4 Å². The van der Waals surface area contributed by atoms with Crippen LogP contribution in [0.3, 0.4) is 0 Å². The van der Waals surface area contributed by atoms with Crippen LogP contribution in [0.1, 0.15) is 18.4 Å². The molecule has 30 heavy (non-hydrogen) atoms. The molecule has 0 saturated heterocycles. The second-order valence-corrected chi connectivity index (χ2v) is 8.62. The minimum Gasteiger partial charge on any atom is -0.326 e. The fraction of sp³-hybridized carbons (Fsp3) is 0.136. The third-order valence-corrected chi connectivity index (χ3v) is 6.30. The van der Waals surface area contributed by atoms with Gasteiger partial charge in [-0.15, -0.1) is 0 Å². The van der Waals surface area contributed by atoms with Gasteiger partial charge in [0.25, 0.3) is 5.69 Å². The zero-order chi connectivity index (χ0) is 21.6. The second kappa shape index (κ2) is 9.32. The summed E-state index contributed by atoms with van der Waals surface area (Å²) in [5, 5.41) is 13.4. The maximum atomic E-state index is 12.6. The van der Waals surface area contributed by atoms with Gasteiger partial charge in [0, 0.05) is 24.2 Å². The topological polar surface area (TPSA) is 106 Å². The van der Waals surface area contributed by atoms with Gasteiger partial charge < -0.3 is 5.32 Å².